The first-order valence-corrected chi connectivity index (χ1v) is 9.08. The van der Waals surface area contributed by atoms with E-state index in [1.807, 2.05) is 0 Å². The quantitative estimate of drug-likeness (QED) is 0.815. The Kier molecular flexibility index (Phi) is 5.32. The van der Waals surface area contributed by atoms with E-state index in [4.69, 9.17) is 0 Å². The van der Waals surface area contributed by atoms with Crippen molar-refractivity contribution in [3.63, 3.8) is 0 Å². The summed E-state index contributed by atoms with van der Waals surface area (Å²) >= 11 is 0. The van der Waals surface area contributed by atoms with Crippen LogP contribution >= 0.6 is 0 Å². The summed E-state index contributed by atoms with van der Waals surface area (Å²) in [6.07, 6.45) is 10.9. The molecule has 0 saturated heterocycles. The van der Waals surface area contributed by atoms with E-state index in [2.05, 4.69) is 93.0 Å². The Hall–Kier alpha value is -2.12. The van der Waals surface area contributed by atoms with Gasteiger partial charge in [0.05, 0.1) is 6.20 Å². The lowest BCUT2D eigenvalue weighted by Gasteiger charge is -2.17. The van der Waals surface area contributed by atoms with Gasteiger partial charge in [0.25, 0.3) is 0 Å². The topological polar surface area (TPSA) is 16.6 Å². The van der Waals surface area contributed by atoms with Crippen LogP contribution in [0.4, 0.5) is 0 Å². The molecule has 2 aromatic rings. The van der Waals surface area contributed by atoms with Crippen LogP contribution in [-0.2, 0) is 12.8 Å². The normalized spacial score (nSPS) is 16.8. The first-order chi connectivity index (χ1) is 11.7. The Balaban J connectivity index is 1.97. The fraction of sp³-hybridized carbons (Fsp3) is 0.304. The molecule has 1 atom stereocenters. The van der Waals surface area contributed by atoms with Gasteiger partial charge >= 0.3 is 0 Å². The van der Waals surface area contributed by atoms with Gasteiger partial charge in [-0.1, -0.05) is 63.2 Å². The maximum Gasteiger partial charge on any atom is 0.135 e. The van der Waals surface area contributed by atoms with Crippen molar-refractivity contribution in [1.82, 2.24) is 0 Å². The minimum atomic E-state index is 0.392. The van der Waals surface area contributed by atoms with Crippen LogP contribution in [0.15, 0.2) is 66.9 Å². The van der Waals surface area contributed by atoms with Crippen molar-refractivity contribution in [1.29, 1.82) is 0 Å². The monoisotopic (exact) mass is 318 g/mol. The molecule has 1 unspecified atom stereocenters. The van der Waals surface area contributed by atoms with Crippen LogP contribution in [0.1, 0.15) is 43.5 Å². The average molecular weight is 318 g/mol. The van der Waals surface area contributed by atoms with Crippen molar-refractivity contribution in [2.24, 2.45) is 5.92 Å². The SMILES string of the molecule is CCc1ccc(-c2cccc(CC(C)C)c2)cc1C1C=CC=C[NH2+]1. The molecule has 2 aromatic carbocycles. The summed E-state index contributed by atoms with van der Waals surface area (Å²) in [6.45, 7) is 6.79. The van der Waals surface area contributed by atoms with Crippen molar-refractivity contribution in [3.8, 4) is 11.1 Å². The Morgan fingerprint density at radius 2 is 1.83 bits per heavy atom. The predicted molar refractivity (Wildman–Crippen MR) is 103 cm³/mol. The molecule has 24 heavy (non-hydrogen) atoms. The second-order valence-corrected chi connectivity index (χ2v) is 7.05. The van der Waals surface area contributed by atoms with E-state index in [0.717, 1.165) is 12.8 Å². The number of allylic oxidation sites excluding steroid dienone is 2. The van der Waals surface area contributed by atoms with Gasteiger partial charge in [-0.15, -0.1) is 0 Å². The van der Waals surface area contributed by atoms with E-state index in [0.29, 0.717) is 12.0 Å². The van der Waals surface area contributed by atoms with Gasteiger partial charge < -0.3 is 5.32 Å². The summed E-state index contributed by atoms with van der Waals surface area (Å²) in [7, 11) is 0. The Morgan fingerprint density at radius 1 is 1.00 bits per heavy atom. The molecular formula is C23H28N+. The van der Waals surface area contributed by atoms with Gasteiger partial charge in [-0.05, 0) is 59.2 Å². The molecule has 124 valence electrons. The second-order valence-electron chi connectivity index (χ2n) is 7.05. The van der Waals surface area contributed by atoms with E-state index in [9.17, 15) is 0 Å². The zero-order valence-electron chi connectivity index (χ0n) is 15.0. The van der Waals surface area contributed by atoms with Gasteiger partial charge in [0.1, 0.15) is 6.04 Å². The molecule has 1 aliphatic rings. The van der Waals surface area contributed by atoms with Crippen molar-refractivity contribution in [2.45, 2.75) is 39.7 Å². The van der Waals surface area contributed by atoms with Crippen LogP contribution in [0, 0.1) is 5.92 Å². The second kappa shape index (κ2) is 7.63. The number of hydrogen-bond acceptors (Lipinski definition) is 0. The molecule has 3 rings (SSSR count). The maximum atomic E-state index is 2.39. The minimum absolute atomic E-state index is 0.392. The Morgan fingerprint density at radius 3 is 2.54 bits per heavy atom. The molecule has 0 saturated carbocycles. The highest BCUT2D eigenvalue weighted by Gasteiger charge is 2.16. The van der Waals surface area contributed by atoms with Gasteiger partial charge in [-0.3, -0.25) is 0 Å². The molecule has 0 aliphatic carbocycles. The number of nitrogens with two attached hydrogens (primary N) is 1. The zero-order chi connectivity index (χ0) is 16.9. The van der Waals surface area contributed by atoms with Gasteiger partial charge in [0.15, 0.2) is 0 Å². The predicted octanol–water partition coefficient (Wildman–Crippen LogP) is 4.80. The van der Waals surface area contributed by atoms with Crippen molar-refractivity contribution in [2.75, 3.05) is 0 Å². The molecule has 1 nitrogen and oxygen atoms in total. The lowest BCUT2D eigenvalue weighted by atomic mass is 9.91. The van der Waals surface area contributed by atoms with Crippen LogP contribution in [-0.4, -0.2) is 0 Å². The summed E-state index contributed by atoms with van der Waals surface area (Å²) in [5.74, 6) is 0.687. The number of aryl methyl sites for hydroxylation is 1. The molecule has 0 amide bonds. The number of benzene rings is 2. The zero-order valence-corrected chi connectivity index (χ0v) is 15.0. The highest BCUT2D eigenvalue weighted by atomic mass is 14.9. The van der Waals surface area contributed by atoms with Gasteiger partial charge in [-0.2, -0.15) is 0 Å². The summed E-state index contributed by atoms with van der Waals surface area (Å²) in [6, 6.07) is 16.4. The van der Waals surface area contributed by atoms with E-state index >= 15 is 0 Å². The summed E-state index contributed by atoms with van der Waals surface area (Å²) in [5, 5.41) is 2.29. The lowest BCUT2D eigenvalue weighted by molar-refractivity contribution is -0.622. The summed E-state index contributed by atoms with van der Waals surface area (Å²) in [5.41, 5.74) is 6.95. The number of quaternary nitrogens is 1. The van der Waals surface area contributed by atoms with Crippen molar-refractivity contribution < 1.29 is 5.32 Å². The molecule has 0 aromatic heterocycles. The van der Waals surface area contributed by atoms with E-state index in [1.165, 1.54) is 27.8 Å². The Labute approximate surface area is 146 Å². The number of hydrogen-bond donors (Lipinski definition) is 1. The maximum absolute atomic E-state index is 2.39. The first-order valence-electron chi connectivity index (χ1n) is 9.08. The Bertz CT molecular complexity index is 752. The molecular weight excluding hydrogens is 290 g/mol. The smallest absolute Gasteiger partial charge is 0.135 e. The van der Waals surface area contributed by atoms with Crippen LogP contribution < -0.4 is 5.32 Å². The molecule has 1 heteroatoms. The average Bonchev–Trinajstić information content (AvgIpc) is 2.61. The molecule has 0 fully saturated rings. The van der Waals surface area contributed by atoms with Gasteiger partial charge in [0, 0.05) is 5.56 Å². The van der Waals surface area contributed by atoms with Crippen molar-refractivity contribution >= 4 is 0 Å². The minimum Gasteiger partial charge on any atom is -0.311 e. The molecule has 2 N–H and O–H groups in total. The molecule has 1 aliphatic heterocycles. The molecule has 1 heterocycles. The number of rotatable bonds is 5. The van der Waals surface area contributed by atoms with Crippen LogP contribution in [0.2, 0.25) is 0 Å². The van der Waals surface area contributed by atoms with Gasteiger partial charge in [0.2, 0.25) is 0 Å². The summed E-state index contributed by atoms with van der Waals surface area (Å²) in [4.78, 5) is 0. The fourth-order valence-electron chi connectivity index (χ4n) is 3.46. The van der Waals surface area contributed by atoms with Crippen LogP contribution in [0.3, 0.4) is 0 Å². The molecule has 0 spiro atoms. The fourth-order valence-corrected chi connectivity index (χ4v) is 3.46. The molecule has 0 bridgehead atoms. The van der Waals surface area contributed by atoms with Crippen LogP contribution in [0.25, 0.3) is 11.1 Å². The third-order valence-corrected chi connectivity index (χ3v) is 4.65. The third kappa shape index (κ3) is 3.85. The highest BCUT2D eigenvalue weighted by molar-refractivity contribution is 5.66. The van der Waals surface area contributed by atoms with Crippen LogP contribution in [0.5, 0.6) is 0 Å². The molecule has 0 radical (unpaired) electrons. The largest absolute Gasteiger partial charge is 0.311 e. The van der Waals surface area contributed by atoms with Gasteiger partial charge in [-0.25, -0.2) is 0 Å². The van der Waals surface area contributed by atoms with E-state index in [1.54, 1.807) is 0 Å². The standard InChI is InChI=1S/C23H27N/c1-4-19-11-12-21(16-22(19)23-10-5-6-13-24-23)20-9-7-8-18(15-20)14-17(2)3/h5-13,15-17,23-24H,4,14H2,1-3H3/p+1. The summed E-state index contributed by atoms with van der Waals surface area (Å²) < 4.78 is 0. The highest BCUT2D eigenvalue weighted by Crippen LogP contribution is 2.27. The van der Waals surface area contributed by atoms with E-state index < -0.39 is 0 Å². The van der Waals surface area contributed by atoms with Crippen molar-refractivity contribution in [3.05, 3.63) is 83.6 Å². The van der Waals surface area contributed by atoms with E-state index in [-0.39, 0.29) is 0 Å². The first kappa shape index (κ1) is 16.7. The lowest BCUT2D eigenvalue weighted by Crippen LogP contribution is -2.79. The third-order valence-electron chi connectivity index (χ3n) is 4.65.